The van der Waals surface area contributed by atoms with E-state index >= 15 is 0 Å². The van der Waals surface area contributed by atoms with Crippen molar-refractivity contribution < 1.29 is 9.90 Å². The lowest BCUT2D eigenvalue weighted by atomic mass is 9.93. The average Bonchev–Trinajstić information content (AvgIpc) is 2.99. The number of benzene rings is 1. The van der Waals surface area contributed by atoms with Crippen molar-refractivity contribution in [3.05, 3.63) is 41.4 Å². The number of piperidine rings is 1. The molecule has 0 bridgehead atoms. The van der Waals surface area contributed by atoms with Crippen molar-refractivity contribution in [2.45, 2.75) is 32.4 Å². The molecule has 0 aliphatic carbocycles. The topological polar surface area (TPSA) is 53.4 Å². The molecule has 1 N–H and O–H groups in total. The molecule has 1 fully saturated rings. The van der Waals surface area contributed by atoms with Crippen molar-refractivity contribution in [3.8, 4) is 10.6 Å². The summed E-state index contributed by atoms with van der Waals surface area (Å²) in [5.41, 5.74) is 1.13. The van der Waals surface area contributed by atoms with E-state index in [1.165, 1.54) is 4.88 Å². The first-order valence-electron chi connectivity index (χ1n) is 7.60. The molecular weight excluding hydrogens is 296 g/mol. The predicted octanol–water partition coefficient (Wildman–Crippen LogP) is 3.50. The number of thiazole rings is 1. The van der Waals surface area contributed by atoms with E-state index in [0.29, 0.717) is 12.6 Å². The zero-order chi connectivity index (χ0) is 15.5. The molecule has 1 aromatic heterocycles. The normalized spacial score (nSPS) is 22.6. The fourth-order valence-corrected chi connectivity index (χ4v) is 3.84. The summed E-state index contributed by atoms with van der Waals surface area (Å²) in [6.45, 7) is 3.60. The molecule has 1 aliphatic heterocycles. The van der Waals surface area contributed by atoms with Crippen molar-refractivity contribution in [3.63, 3.8) is 0 Å². The van der Waals surface area contributed by atoms with Crippen LogP contribution in [0.5, 0.6) is 0 Å². The number of aromatic nitrogens is 1. The fraction of sp³-hybridized carbons (Fsp3) is 0.412. The van der Waals surface area contributed by atoms with Gasteiger partial charge in [0, 0.05) is 35.8 Å². The minimum Gasteiger partial charge on any atom is -0.481 e. The van der Waals surface area contributed by atoms with Gasteiger partial charge in [0.15, 0.2) is 0 Å². The van der Waals surface area contributed by atoms with Gasteiger partial charge < -0.3 is 5.11 Å². The van der Waals surface area contributed by atoms with E-state index in [4.69, 9.17) is 0 Å². The predicted molar refractivity (Wildman–Crippen MR) is 87.8 cm³/mol. The number of carboxylic acid groups (broad SMARTS) is 1. The van der Waals surface area contributed by atoms with Gasteiger partial charge >= 0.3 is 5.97 Å². The van der Waals surface area contributed by atoms with Crippen LogP contribution in [0.25, 0.3) is 10.6 Å². The molecule has 2 unspecified atom stereocenters. The maximum atomic E-state index is 11.2. The van der Waals surface area contributed by atoms with Crippen LogP contribution in [0.15, 0.2) is 36.5 Å². The Morgan fingerprint density at radius 2 is 2.14 bits per heavy atom. The molecule has 1 saturated heterocycles. The summed E-state index contributed by atoms with van der Waals surface area (Å²) in [6, 6.07) is 10.6. The molecular formula is C17H20N2O2S. The summed E-state index contributed by atoms with van der Waals surface area (Å²) in [4.78, 5) is 19.2. The zero-order valence-corrected chi connectivity index (χ0v) is 13.4. The largest absolute Gasteiger partial charge is 0.481 e. The molecule has 0 saturated carbocycles. The minimum atomic E-state index is -0.675. The second-order valence-corrected chi connectivity index (χ2v) is 7.00. The second-order valence-electron chi connectivity index (χ2n) is 5.89. The SMILES string of the molecule is CC1CCC(C(=O)O)CN1Cc1cnc(-c2ccccc2)s1. The van der Waals surface area contributed by atoms with Gasteiger partial charge in [-0.05, 0) is 19.8 Å². The monoisotopic (exact) mass is 316 g/mol. The Morgan fingerprint density at radius 3 is 2.86 bits per heavy atom. The molecule has 5 heteroatoms. The highest BCUT2D eigenvalue weighted by atomic mass is 32.1. The number of carboxylic acids is 1. The van der Waals surface area contributed by atoms with Gasteiger partial charge in [-0.1, -0.05) is 30.3 Å². The summed E-state index contributed by atoms with van der Waals surface area (Å²) in [6.07, 6.45) is 3.65. The third-order valence-electron chi connectivity index (χ3n) is 4.29. The molecule has 22 heavy (non-hydrogen) atoms. The number of carbonyl (C=O) groups is 1. The number of nitrogens with zero attached hydrogens (tertiary/aromatic N) is 2. The Balaban J connectivity index is 1.70. The van der Waals surface area contributed by atoms with Crippen molar-refractivity contribution in [2.24, 2.45) is 5.92 Å². The summed E-state index contributed by atoms with van der Waals surface area (Å²) >= 11 is 1.69. The third-order valence-corrected chi connectivity index (χ3v) is 5.32. The van der Waals surface area contributed by atoms with E-state index in [1.54, 1.807) is 11.3 Å². The maximum absolute atomic E-state index is 11.2. The number of hydrogen-bond acceptors (Lipinski definition) is 4. The van der Waals surface area contributed by atoms with E-state index < -0.39 is 5.97 Å². The van der Waals surface area contributed by atoms with Crippen LogP contribution in [-0.2, 0) is 11.3 Å². The van der Waals surface area contributed by atoms with E-state index in [2.05, 4.69) is 28.9 Å². The lowest BCUT2D eigenvalue weighted by Crippen LogP contribution is -2.43. The summed E-state index contributed by atoms with van der Waals surface area (Å²) in [7, 11) is 0. The highest BCUT2D eigenvalue weighted by Gasteiger charge is 2.29. The molecule has 2 aromatic rings. The van der Waals surface area contributed by atoms with Gasteiger partial charge in [0.2, 0.25) is 0 Å². The smallest absolute Gasteiger partial charge is 0.307 e. The molecule has 4 nitrogen and oxygen atoms in total. The van der Waals surface area contributed by atoms with Crippen LogP contribution >= 0.6 is 11.3 Å². The van der Waals surface area contributed by atoms with Crippen LogP contribution in [0.2, 0.25) is 0 Å². The molecule has 0 radical (unpaired) electrons. The molecule has 2 atom stereocenters. The number of aliphatic carboxylic acids is 1. The first-order valence-corrected chi connectivity index (χ1v) is 8.42. The van der Waals surface area contributed by atoms with Crippen LogP contribution in [-0.4, -0.2) is 33.5 Å². The Kier molecular flexibility index (Phi) is 4.55. The zero-order valence-electron chi connectivity index (χ0n) is 12.6. The first kappa shape index (κ1) is 15.2. The number of hydrogen-bond donors (Lipinski definition) is 1. The molecule has 0 spiro atoms. The van der Waals surface area contributed by atoms with E-state index in [1.807, 2.05) is 24.4 Å². The Labute approximate surface area is 134 Å². The van der Waals surface area contributed by atoms with Crippen LogP contribution in [0, 0.1) is 5.92 Å². The molecule has 3 rings (SSSR count). The molecule has 2 heterocycles. The second kappa shape index (κ2) is 6.58. The van der Waals surface area contributed by atoms with Gasteiger partial charge in [-0.25, -0.2) is 4.98 Å². The van der Waals surface area contributed by atoms with E-state index in [9.17, 15) is 9.90 Å². The van der Waals surface area contributed by atoms with Gasteiger partial charge in [-0.3, -0.25) is 9.69 Å². The van der Waals surface area contributed by atoms with Crippen molar-refractivity contribution in [1.82, 2.24) is 9.88 Å². The summed E-state index contributed by atoms with van der Waals surface area (Å²) < 4.78 is 0. The Morgan fingerprint density at radius 1 is 1.36 bits per heavy atom. The van der Waals surface area contributed by atoms with Crippen LogP contribution < -0.4 is 0 Å². The quantitative estimate of drug-likeness (QED) is 0.938. The standard InChI is InChI=1S/C17H20N2O2S/c1-12-7-8-14(17(20)21)10-19(12)11-15-9-18-16(22-15)13-5-3-2-4-6-13/h2-6,9,12,14H,7-8,10-11H2,1H3,(H,20,21). The van der Waals surface area contributed by atoms with E-state index in [-0.39, 0.29) is 5.92 Å². The van der Waals surface area contributed by atoms with Gasteiger partial charge in [-0.2, -0.15) is 0 Å². The molecule has 1 aliphatic rings. The van der Waals surface area contributed by atoms with Gasteiger partial charge in [0.1, 0.15) is 5.01 Å². The van der Waals surface area contributed by atoms with Crippen LogP contribution in [0.3, 0.4) is 0 Å². The molecule has 116 valence electrons. The van der Waals surface area contributed by atoms with Gasteiger partial charge in [0.25, 0.3) is 0 Å². The highest BCUT2D eigenvalue weighted by molar-refractivity contribution is 7.15. The Bertz CT molecular complexity index is 641. The maximum Gasteiger partial charge on any atom is 0.307 e. The van der Waals surface area contributed by atoms with Crippen LogP contribution in [0.4, 0.5) is 0 Å². The summed E-state index contributed by atoms with van der Waals surface area (Å²) in [5.74, 6) is -0.913. The van der Waals surface area contributed by atoms with Crippen molar-refractivity contribution in [1.29, 1.82) is 0 Å². The van der Waals surface area contributed by atoms with Crippen LogP contribution in [0.1, 0.15) is 24.6 Å². The van der Waals surface area contributed by atoms with Gasteiger partial charge in [-0.15, -0.1) is 11.3 Å². The van der Waals surface area contributed by atoms with Gasteiger partial charge in [0.05, 0.1) is 5.92 Å². The number of likely N-dealkylation sites (tertiary alicyclic amines) is 1. The lowest BCUT2D eigenvalue weighted by molar-refractivity contribution is -0.144. The fourth-order valence-electron chi connectivity index (χ4n) is 2.90. The van der Waals surface area contributed by atoms with E-state index in [0.717, 1.165) is 30.0 Å². The lowest BCUT2D eigenvalue weighted by Gasteiger charge is -2.36. The first-order chi connectivity index (χ1) is 10.6. The summed E-state index contributed by atoms with van der Waals surface area (Å²) in [5, 5.41) is 10.2. The Hall–Kier alpha value is -1.72. The average molecular weight is 316 g/mol. The third kappa shape index (κ3) is 3.36. The van der Waals surface area contributed by atoms with Crippen molar-refractivity contribution >= 4 is 17.3 Å². The van der Waals surface area contributed by atoms with Crippen molar-refractivity contribution in [2.75, 3.05) is 6.54 Å². The minimum absolute atomic E-state index is 0.238. The highest BCUT2D eigenvalue weighted by Crippen LogP contribution is 2.28. The molecule has 0 amide bonds. The molecule has 1 aromatic carbocycles. The number of rotatable bonds is 4.